The van der Waals surface area contributed by atoms with Crippen LogP contribution < -0.4 is 10.0 Å². The molecule has 3 rings (SSSR count). The third-order valence-electron chi connectivity index (χ3n) is 4.52. The largest absolute Gasteiger partial charge is 0.465 e. The van der Waals surface area contributed by atoms with Gasteiger partial charge in [0.2, 0.25) is 0 Å². The van der Waals surface area contributed by atoms with Gasteiger partial charge < -0.3 is 10.1 Å². The first kappa shape index (κ1) is 22.0. The summed E-state index contributed by atoms with van der Waals surface area (Å²) in [5.41, 5.74) is 1.82. The van der Waals surface area contributed by atoms with Crippen LogP contribution in [0.15, 0.2) is 71.9 Å². The molecule has 0 fully saturated rings. The Labute approximate surface area is 180 Å². The lowest BCUT2D eigenvalue weighted by Gasteiger charge is -2.14. The van der Waals surface area contributed by atoms with E-state index in [2.05, 4.69) is 15.0 Å². The van der Waals surface area contributed by atoms with Gasteiger partial charge in [0.05, 0.1) is 28.8 Å². The number of anilines is 1. The first-order valence-corrected chi connectivity index (χ1v) is 10.8. The van der Waals surface area contributed by atoms with Crippen molar-refractivity contribution in [3.8, 4) is 0 Å². The Hall–Kier alpha value is -3.72. The molecule has 1 amide bonds. The summed E-state index contributed by atoms with van der Waals surface area (Å²) >= 11 is 0. The number of amides is 1. The highest BCUT2D eigenvalue weighted by molar-refractivity contribution is 7.92. The summed E-state index contributed by atoms with van der Waals surface area (Å²) in [6.07, 6.45) is 3.26. The summed E-state index contributed by atoms with van der Waals surface area (Å²) in [6, 6.07) is 14.0. The van der Waals surface area contributed by atoms with Gasteiger partial charge in [-0.05, 0) is 48.4 Å². The zero-order valence-electron chi connectivity index (χ0n) is 17.0. The fourth-order valence-corrected chi connectivity index (χ4v) is 3.96. The molecule has 0 spiro atoms. The molecule has 2 N–H and O–H groups in total. The number of hydrogen-bond acceptors (Lipinski definition) is 6. The number of rotatable bonds is 7. The van der Waals surface area contributed by atoms with Crippen molar-refractivity contribution in [3.63, 3.8) is 0 Å². The van der Waals surface area contributed by atoms with Crippen LogP contribution in [0.2, 0.25) is 0 Å². The fraction of sp³-hybridized carbons (Fsp3) is 0.136. The second-order valence-electron chi connectivity index (χ2n) is 6.66. The van der Waals surface area contributed by atoms with E-state index in [9.17, 15) is 18.0 Å². The van der Waals surface area contributed by atoms with Crippen molar-refractivity contribution < 1.29 is 22.7 Å². The second kappa shape index (κ2) is 9.40. The maximum absolute atomic E-state index is 12.9. The van der Waals surface area contributed by atoms with Crippen molar-refractivity contribution >= 4 is 27.6 Å². The van der Waals surface area contributed by atoms with Gasteiger partial charge in [-0.2, -0.15) is 0 Å². The Morgan fingerprint density at radius 2 is 1.81 bits per heavy atom. The minimum Gasteiger partial charge on any atom is -0.465 e. The Balaban J connectivity index is 1.84. The summed E-state index contributed by atoms with van der Waals surface area (Å²) < 4.78 is 33.0. The van der Waals surface area contributed by atoms with Gasteiger partial charge in [-0.3, -0.25) is 14.5 Å². The van der Waals surface area contributed by atoms with Gasteiger partial charge in [0.15, 0.2) is 0 Å². The van der Waals surface area contributed by atoms with Gasteiger partial charge in [-0.25, -0.2) is 13.2 Å². The molecule has 0 saturated heterocycles. The number of aromatic nitrogens is 1. The first-order valence-electron chi connectivity index (χ1n) is 9.30. The monoisotopic (exact) mass is 439 g/mol. The molecule has 8 nitrogen and oxygen atoms in total. The van der Waals surface area contributed by atoms with Crippen LogP contribution >= 0.6 is 0 Å². The number of hydrogen-bond donors (Lipinski definition) is 2. The molecule has 31 heavy (non-hydrogen) atoms. The topological polar surface area (TPSA) is 114 Å². The molecule has 160 valence electrons. The number of para-hydroxylation sites is 1. The fourth-order valence-electron chi connectivity index (χ4n) is 2.85. The molecule has 0 radical (unpaired) electrons. The van der Waals surface area contributed by atoms with Crippen molar-refractivity contribution in [2.45, 2.75) is 18.4 Å². The van der Waals surface area contributed by atoms with Gasteiger partial charge in [0, 0.05) is 18.9 Å². The van der Waals surface area contributed by atoms with Crippen LogP contribution in [0.1, 0.15) is 31.8 Å². The van der Waals surface area contributed by atoms with E-state index in [-0.39, 0.29) is 28.3 Å². The van der Waals surface area contributed by atoms with Gasteiger partial charge in [-0.15, -0.1) is 0 Å². The van der Waals surface area contributed by atoms with E-state index >= 15 is 0 Å². The molecule has 9 heteroatoms. The van der Waals surface area contributed by atoms with Crippen molar-refractivity contribution in [1.29, 1.82) is 0 Å². The molecule has 1 heterocycles. The Kier molecular flexibility index (Phi) is 6.66. The van der Waals surface area contributed by atoms with Crippen molar-refractivity contribution in [1.82, 2.24) is 10.3 Å². The number of nitrogens with zero attached hydrogens (tertiary/aromatic N) is 1. The van der Waals surface area contributed by atoms with Gasteiger partial charge in [-0.1, -0.05) is 24.3 Å². The molecule has 2 aromatic carbocycles. The zero-order chi connectivity index (χ0) is 22.4. The number of carbonyl (C=O) groups is 2. The smallest absolute Gasteiger partial charge is 0.338 e. The van der Waals surface area contributed by atoms with Gasteiger partial charge >= 0.3 is 5.97 Å². The second-order valence-corrected chi connectivity index (χ2v) is 8.35. The van der Waals surface area contributed by atoms with E-state index in [1.807, 2.05) is 6.07 Å². The van der Waals surface area contributed by atoms with Crippen LogP contribution in [0.5, 0.6) is 0 Å². The lowest BCUT2D eigenvalue weighted by atomic mass is 10.1. The number of esters is 1. The molecule has 0 aliphatic heterocycles. The molecule has 3 aromatic rings. The maximum Gasteiger partial charge on any atom is 0.338 e. The van der Waals surface area contributed by atoms with Crippen LogP contribution in [-0.4, -0.2) is 32.4 Å². The zero-order valence-corrected chi connectivity index (χ0v) is 17.8. The molecule has 0 aliphatic carbocycles. The summed E-state index contributed by atoms with van der Waals surface area (Å²) in [5, 5.41) is 2.75. The average molecular weight is 439 g/mol. The van der Waals surface area contributed by atoms with Gasteiger partial charge in [0.1, 0.15) is 0 Å². The van der Waals surface area contributed by atoms with Crippen LogP contribution in [0.25, 0.3) is 0 Å². The Morgan fingerprint density at radius 1 is 1.03 bits per heavy atom. The normalized spacial score (nSPS) is 10.9. The number of ether oxygens (including phenoxy) is 1. The quantitative estimate of drug-likeness (QED) is 0.547. The highest BCUT2D eigenvalue weighted by atomic mass is 32.2. The molecule has 0 atom stereocenters. The Bertz CT molecular complexity index is 1210. The first-order chi connectivity index (χ1) is 14.8. The molecular weight excluding hydrogens is 418 g/mol. The lowest BCUT2D eigenvalue weighted by Crippen LogP contribution is -2.25. The summed E-state index contributed by atoms with van der Waals surface area (Å²) in [4.78, 5) is 28.4. The summed E-state index contributed by atoms with van der Waals surface area (Å²) in [6.45, 7) is 1.92. The third-order valence-corrected chi connectivity index (χ3v) is 5.88. The molecule has 0 bridgehead atoms. The van der Waals surface area contributed by atoms with Crippen LogP contribution in [-0.2, 0) is 21.3 Å². The van der Waals surface area contributed by atoms with E-state index in [1.54, 1.807) is 37.5 Å². The van der Waals surface area contributed by atoms with Crippen LogP contribution in [0.4, 0.5) is 5.69 Å². The number of aryl methyl sites for hydroxylation is 1. The SMILES string of the molecule is COC(=O)c1cc(S(=O)(=O)Nc2ccccc2C(=O)NCc2cccnc2)ccc1C. The van der Waals surface area contributed by atoms with Crippen LogP contribution in [0, 0.1) is 6.92 Å². The van der Waals surface area contributed by atoms with Crippen molar-refractivity contribution in [2.75, 3.05) is 11.8 Å². The van der Waals surface area contributed by atoms with E-state index in [4.69, 9.17) is 4.74 Å². The minimum atomic E-state index is -4.07. The van der Waals surface area contributed by atoms with Crippen LogP contribution in [0.3, 0.4) is 0 Å². The standard InChI is InChI=1S/C22H21N3O5S/c1-15-9-10-17(12-19(15)22(27)30-2)31(28,29)25-20-8-4-3-7-18(20)21(26)24-14-16-6-5-11-23-13-16/h3-13,25H,14H2,1-2H3,(H,24,26). The molecule has 0 aliphatic rings. The van der Waals surface area contributed by atoms with E-state index in [0.717, 1.165) is 5.56 Å². The molecule has 0 saturated carbocycles. The minimum absolute atomic E-state index is 0.117. The predicted molar refractivity (Wildman–Crippen MR) is 115 cm³/mol. The molecule has 1 aromatic heterocycles. The average Bonchev–Trinajstić information content (AvgIpc) is 2.78. The highest BCUT2D eigenvalue weighted by Gasteiger charge is 2.21. The van der Waals surface area contributed by atoms with Crippen molar-refractivity contribution in [2.24, 2.45) is 0 Å². The number of nitrogens with one attached hydrogen (secondary N) is 2. The maximum atomic E-state index is 12.9. The number of sulfonamides is 1. The number of carbonyl (C=O) groups excluding carboxylic acids is 2. The number of pyridine rings is 1. The van der Waals surface area contributed by atoms with Gasteiger partial charge in [0.25, 0.3) is 15.9 Å². The number of benzene rings is 2. The summed E-state index contributed by atoms with van der Waals surface area (Å²) in [7, 11) is -2.84. The highest BCUT2D eigenvalue weighted by Crippen LogP contribution is 2.22. The van der Waals surface area contributed by atoms with E-state index in [1.165, 1.54) is 37.4 Å². The molecular formula is C22H21N3O5S. The van der Waals surface area contributed by atoms with E-state index in [0.29, 0.717) is 5.56 Å². The van der Waals surface area contributed by atoms with Crippen molar-refractivity contribution in [3.05, 3.63) is 89.2 Å². The predicted octanol–water partition coefficient (Wildman–Crippen LogP) is 2.91. The Morgan fingerprint density at radius 3 is 2.52 bits per heavy atom. The summed E-state index contributed by atoms with van der Waals surface area (Å²) in [5.74, 6) is -1.08. The lowest BCUT2D eigenvalue weighted by molar-refractivity contribution is 0.0599. The third kappa shape index (κ3) is 5.26. The number of methoxy groups -OCH3 is 1. The molecule has 0 unspecified atom stereocenters. The van der Waals surface area contributed by atoms with E-state index < -0.39 is 21.9 Å².